The molecule has 3 heteroatoms. The molecule has 0 aliphatic carbocycles. The topological polar surface area (TPSA) is 39.1 Å². The van der Waals surface area contributed by atoms with Crippen molar-refractivity contribution in [3.63, 3.8) is 0 Å². The first kappa shape index (κ1) is 15.5. The Hall–Kier alpha value is -0.590. The minimum atomic E-state index is -0.359. The minimum Gasteiger partial charge on any atom is -0.301 e. The summed E-state index contributed by atoms with van der Waals surface area (Å²) in [6, 6.07) is 3.13. The molecule has 0 radical (unpaired) electrons. The second-order valence-electron chi connectivity index (χ2n) is 5.86. The molecule has 0 spiro atoms. The number of hydrogen-bond donors (Lipinski definition) is 1. The number of nitrogens with one attached hydrogen (secondary N) is 1. The average Bonchev–Trinajstić information content (AvgIpc) is 2.59. The Kier molecular flexibility index (Phi) is 6.67. The quantitative estimate of drug-likeness (QED) is 0.789. The van der Waals surface area contributed by atoms with Gasteiger partial charge in [0.15, 0.2) is 0 Å². The first-order valence-electron chi connectivity index (χ1n) is 7.51. The number of likely N-dealkylation sites (tertiary alicyclic amines) is 1. The van der Waals surface area contributed by atoms with Gasteiger partial charge < -0.3 is 4.90 Å². The molecule has 1 N–H and O–H groups in total. The van der Waals surface area contributed by atoms with Crippen molar-refractivity contribution >= 4 is 0 Å². The van der Waals surface area contributed by atoms with Crippen LogP contribution in [0.2, 0.25) is 0 Å². The predicted octanol–water partition coefficient (Wildman–Crippen LogP) is 2.92. The van der Waals surface area contributed by atoms with Crippen molar-refractivity contribution < 1.29 is 0 Å². The molecule has 0 aromatic rings. The van der Waals surface area contributed by atoms with Crippen LogP contribution in [0, 0.1) is 11.3 Å². The summed E-state index contributed by atoms with van der Waals surface area (Å²) < 4.78 is 0. The average molecular weight is 251 g/mol. The van der Waals surface area contributed by atoms with E-state index in [4.69, 9.17) is 0 Å². The van der Waals surface area contributed by atoms with Crippen molar-refractivity contribution in [2.75, 3.05) is 19.6 Å². The molecule has 1 aliphatic heterocycles. The van der Waals surface area contributed by atoms with E-state index in [0.29, 0.717) is 6.04 Å². The van der Waals surface area contributed by atoms with Crippen molar-refractivity contribution in [3.8, 4) is 6.07 Å². The Bertz CT molecular complexity index is 271. The van der Waals surface area contributed by atoms with Crippen LogP contribution in [0.15, 0.2) is 0 Å². The van der Waals surface area contributed by atoms with Crippen LogP contribution in [0.25, 0.3) is 0 Å². The summed E-state index contributed by atoms with van der Waals surface area (Å²) in [4.78, 5) is 2.57. The third-order valence-electron chi connectivity index (χ3n) is 4.10. The zero-order chi connectivity index (χ0) is 13.4. The highest BCUT2D eigenvalue weighted by molar-refractivity contribution is 5.04. The van der Waals surface area contributed by atoms with E-state index in [1.54, 1.807) is 0 Å². The molecule has 1 rings (SSSR count). The van der Waals surface area contributed by atoms with Crippen LogP contribution >= 0.6 is 0 Å². The van der Waals surface area contributed by atoms with Crippen molar-refractivity contribution in [1.29, 1.82) is 5.26 Å². The normalized spacial score (nSPS) is 25.1. The lowest BCUT2D eigenvalue weighted by atomic mass is 9.98. The Morgan fingerprint density at radius 3 is 2.83 bits per heavy atom. The summed E-state index contributed by atoms with van der Waals surface area (Å²) in [5.74, 6) is 0. The van der Waals surface area contributed by atoms with Crippen LogP contribution in [0.4, 0.5) is 0 Å². The Morgan fingerprint density at radius 2 is 2.17 bits per heavy atom. The van der Waals surface area contributed by atoms with Crippen molar-refractivity contribution in [3.05, 3.63) is 0 Å². The lowest BCUT2D eigenvalue weighted by Gasteiger charge is -2.31. The van der Waals surface area contributed by atoms with E-state index in [1.165, 1.54) is 32.2 Å². The molecule has 104 valence electrons. The summed E-state index contributed by atoms with van der Waals surface area (Å²) in [5, 5.41) is 12.7. The summed E-state index contributed by atoms with van der Waals surface area (Å²) in [5.41, 5.74) is -0.359. The zero-order valence-electron chi connectivity index (χ0n) is 12.3. The monoisotopic (exact) mass is 251 g/mol. The molecule has 2 atom stereocenters. The zero-order valence-corrected chi connectivity index (χ0v) is 12.3. The molecule has 0 amide bonds. The van der Waals surface area contributed by atoms with E-state index in [1.807, 2.05) is 6.92 Å². The van der Waals surface area contributed by atoms with E-state index < -0.39 is 0 Å². The number of rotatable bonds is 6. The van der Waals surface area contributed by atoms with E-state index in [9.17, 15) is 5.26 Å². The van der Waals surface area contributed by atoms with Crippen molar-refractivity contribution in [2.24, 2.45) is 0 Å². The van der Waals surface area contributed by atoms with Crippen molar-refractivity contribution in [1.82, 2.24) is 10.2 Å². The van der Waals surface area contributed by atoms with E-state index in [2.05, 4.69) is 30.1 Å². The molecular formula is C15H29N3. The van der Waals surface area contributed by atoms with Gasteiger partial charge in [0.05, 0.1) is 6.07 Å². The number of nitriles is 1. The number of nitrogens with zero attached hydrogens (tertiary/aromatic N) is 2. The molecule has 3 nitrogen and oxygen atoms in total. The summed E-state index contributed by atoms with van der Waals surface area (Å²) in [6.45, 7) is 9.68. The third-order valence-corrected chi connectivity index (χ3v) is 4.10. The third kappa shape index (κ3) is 4.96. The Labute approximate surface area is 113 Å². The second-order valence-corrected chi connectivity index (χ2v) is 5.86. The van der Waals surface area contributed by atoms with E-state index in [0.717, 1.165) is 25.9 Å². The standard InChI is InChI=1S/C15H29N3/c1-4-10-17-15(3,13-16)9-12-18-11-7-5-6-8-14(18)2/h14,17H,4-12H2,1-3H3. The predicted molar refractivity (Wildman–Crippen MR) is 76.4 cm³/mol. The highest BCUT2D eigenvalue weighted by atomic mass is 15.2. The maximum atomic E-state index is 9.33. The molecule has 18 heavy (non-hydrogen) atoms. The van der Waals surface area contributed by atoms with Gasteiger partial charge in [-0.3, -0.25) is 5.32 Å². The van der Waals surface area contributed by atoms with E-state index in [-0.39, 0.29) is 5.54 Å². The molecule has 0 aromatic heterocycles. The van der Waals surface area contributed by atoms with Gasteiger partial charge >= 0.3 is 0 Å². The van der Waals surface area contributed by atoms with Crippen LogP contribution in [0.3, 0.4) is 0 Å². The van der Waals surface area contributed by atoms with Crippen LogP contribution in [-0.4, -0.2) is 36.1 Å². The number of hydrogen-bond acceptors (Lipinski definition) is 3. The largest absolute Gasteiger partial charge is 0.301 e. The Morgan fingerprint density at radius 1 is 1.39 bits per heavy atom. The summed E-state index contributed by atoms with van der Waals surface area (Å²) in [6.07, 6.45) is 7.36. The smallest absolute Gasteiger partial charge is 0.105 e. The molecule has 1 heterocycles. The molecule has 0 bridgehead atoms. The maximum Gasteiger partial charge on any atom is 0.105 e. The van der Waals surface area contributed by atoms with Gasteiger partial charge in [-0.05, 0) is 52.6 Å². The summed E-state index contributed by atoms with van der Waals surface area (Å²) >= 11 is 0. The van der Waals surface area contributed by atoms with Gasteiger partial charge in [0.25, 0.3) is 0 Å². The van der Waals surface area contributed by atoms with Crippen LogP contribution < -0.4 is 5.32 Å². The van der Waals surface area contributed by atoms with Gasteiger partial charge in [-0.2, -0.15) is 5.26 Å². The fraction of sp³-hybridized carbons (Fsp3) is 0.933. The minimum absolute atomic E-state index is 0.359. The van der Waals surface area contributed by atoms with Gasteiger partial charge in [0, 0.05) is 12.6 Å². The van der Waals surface area contributed by atoms with Gasteiger partial charge in [-0.15, -0.1) is 0 Å². The first-order valence-corrected chi connectivity index (χ1v) is 7.51. The lowest BCUT2D eigenvalue weighted by molar-refractivity contribution is 0.195. The fourth-order valence-corrected chi connectivity index (χ4v) is 2.62. The van der Waals surface area contributed by atoms with E-state index >= 15 is 0 Å². The Balaban J connectivity index is 2.43. The van der Waals surface area contributed by atoms with Crippen LogP contribution in [0.1, 0.15) is 59.3 Å². The molecule has 1 aliphatic rings. The lowest BCUT2D eigenvalue weighted by Crippen LogP contribution is -2.45. The highest BCUT2D eigenvalue weighted by Gasteiger charge is 2.25. The van der Waals surface area contributed by atoms with Gasteiger partial charge in [0.2, 0.25) is 0 Å². The van der Waals surface area contributed by atoms with Crippen LogP contribution in [0.5, 0.6) is 0 Å². The second kappa shape index (κ2) is 7.76. The van der Waals surface area contributed by atoms with Crippen molar-refractivity contribution in [2.45, 2.75) is 70.9 Å². The van der Waals surface area contributed by atoms with Crippen LogP contribution in [-0.2, 0) is 0 Å². The van der Waals surface area contributed by atoms with Gasteiger partial charge in [-0.1, -0.05) is 19.8 Å². The van der Waals surface area contributed by atoms with Gasteiger partial charge in [-0.25, -0.2) is 0 Å². The van der Waals surface area contributed by atoms with Gasteiger partial charge in [0.1, 0.15) is 5.54 Å². The molecular weight excluding hydrogens is 222 g/mol. The molecule has 0 aromatic carbocycles. The fourth-order valence-electron chi connectivity index (χ4n) is 2.62. The SMILES string of the molecule is CCCNC(C)(C#N)CCN1CCCCCC1C. The molecule has 2 unspecified atom stereocenters. The first-order chi connectivity index (χ1) is 8.61. The highest BCUT2D eigenvalue weighted by Crippen LogP contribution is 2.18. The maximum absolute atomic E-state index is 9.33. The molecule has 0 saturated carbocycles. The molecule has 1 saturated heterocycles. The molecule has 1 fully saturated rings. The summed E-state index contributed by atoms with van der Waals surface area (Å²) in [7, 11) is 0.